The van der Waals surface area contributed by atoms with Gasteiger partial charge in [0.1, 0.15) is 0 Å². The van der Waals surface area contributed by atoms with E-state index in [-0.39, 0.29) is 0 Å². The van der Waals surface area contributed by atoms with E-state index in [1.807, 2.05) is 34.0 Å². The van der Waals surface area contributed by atoms with Gasteiger partial charge in [-0.15, -0.1) is 34.0 Å². The van der Waals surface area contributed by atoms with Gasteiger partial charge >= 0.3 is 0 Å². The van der Waals surface area contributed by atoms with Gasteiger partial charge < -0.3 is 0 Å². The van der Waals surface area contributed by atoms with Gasteiger partial charge in [-0.05, 0) is 71.3 Å². The van der Waals surface area contributed by atoms with Gasteiger partial charge in [0.25, 0.3) is 0 Å². The van der Waals surface area contributed by atoms with Crippen molar-refractivity contribution in [3.05, 3.63) is 159 Å². The number of hydrogen-bond donors (Lipinski definition) is 0. The van der Waals surface area contributed by atoms with Crippen LogP contribution in [-0.4, -0.2) is 0 Å². The molecule has 0 bridgehead atoms. The van der Waals surface area contributed by atoms with Crippen molar-refractivity contribution in [1.29, 1.82) is 0 Å². The average Bonchev–Trinajstić information content (AvgIpc) is 3.78. The quantitative estimate of drug-likeness (QED) is 0.148. The molecular weight excluding hydrogens is 560 g/mol. The minimum atomic E-state index is -0.625. The van der Waals surface area contributed by atoms with Gasteiger partial charge in [-0.2, -0.15) is 0 Å². The Morgan fingerprint density at radius 3 is 0.925 bits per heavy atom. The van der Waals surface area contributed by atoms with Gasteiger partial charge in [-0.25, -0.2) is 0 Å². The fraction of sp³-hybridized carbons (Fsp3) is 0. The van der Waals surface area contributed by atoms with Crippen LogP contribution in [0, 0.1) is 0 Å². The molecule has 6 rings (SSSR count). The Kier molecular flexibility index (Phi) is 8.77. The molecule has 3 aromatic heterocycles. The molecule has 0 aliphatic carbocycles. The van der Waals surface area contributed by atoms with E-state index in [1.165, 1.54) is 45.2 Å². The first-order valence-electron chi connectivity index (χ1n) is 13.1. The van der Waals surface area contributed by atoms with Gasteiger partial charge in [0, 0.05) is 36.4 Å². The Balaban J connectivity index is 1.30. The van der Waals surface area contributed by atoms with Crippen LogP contribution < -0.4 is 13.9 Å². The van der Waals surface area contributed by atoms with Gasteiger partial charge in [0.2, 0.25) is 0 Å². The summed E-state index contributed by atoms with van der Waals surface area (Å²) >= 11 is 5.72. The summed E-state index contributed by atoms with van der Waals surface area (Å²) in [6.45, 7) is 0. The van der Waals surface area contributed by atoms with E-state index < -0.39 is 7.92 Å². The minimum Gasteiger partial charge on any atom is -0.135 e. The van der Waals surface area contributed by atoms with E-state index >= 15 is 0 Å². The average molecular weight is 587 g/mol. The van der Waals surface area contributed by atoms with E-state index in [0.29, 0.717) is 0 Å². The second kappa shape index (κ2) is 13.2. The Morgan fingerprint density at radius 2 is 0.625 bits per heavy atom. The van der Waals surface area contributed by atoms with E-state index in [1.54, 1.807) is 0 Å². The second-order valence-corrected chi connectivity index (χ2v) is 15.5. The van der Waals surface area contributed by atoms with Gasteiger partial charge in [-0.3, -0.25) is 0 Å². The van der Waals surface area contributed by atoms with Crippen molar-refractivity contribution in [2.75, 3.05) is 0 Å². The summed E-state index contributed by atoms with van der Waals surface area (Å²) in [4.78, 5) is 3.86. The Morgan fingerprint density at radius 1 is 0.325 bits per heavy atom. The van der Waals surface area contributed by atoms with Crippen LogP contribution in [0.5, 0.6) is 0 Å². The summed E-state index contributed by atoms with van der Waals surface area (Å²) in [5, 5.41) is 0. The minimum absolute atomic E-state index is 0.625. The van der Waals surface area contributed by atoms with Crippen molar-refractivity contribution < 1.29 is 0 Å². The fourth-order valence-corrected chi connectivity index (χ4v) is 11.8. The first-order valence-corrected chi connectivity index (χ1v) is 16.9. The molecule has 0 unspecified atom stereocenters. The maximum absolute atomic E-state index is 2.33. The molecule has 0 radical (unpaired) electrons. The molecule has 194 valence electrons. The zero-order valence-corrected chi connectivity index (χ0v) is 25.1. The molecule has 0 nitrogen and oxygen atoms in total. The Labute approximate surface area is 249 Å². The number of benzene rings is 3. The SMILES string of the molecule is C(=Cc1ccc(P(c2ccc(C=Cc3ccccc3)s2)c2ccc(C=Cc3ccccc3)s2)s1)c1ccccc1. The third-order valence-corrected chi connectivity index (χ3v) is 13.0. The molecule has 0 atom stereocenters. The fourth-order valence-electron chi connectivity index (χ4n) is 4.21. The van der Waals surface area contributed by atoms with Crippen LogP contribution in [0.3, 0.4) is 0 Å². The topological polar surface area (TPSA) is 0 Å². The van der Waals surface area contributed by atoms with Crippen molar-refractivity contribution in [2.45, 2.75) is 0 Å². The van der Waals surface area contributed by atoms with E-state index in [2.05, 4.69) is 164 Å². The zero-order chi connectivity index (χ0) is 27.0. The molecule has 0 amide bonds. The maximum Gasteiger partial charge on any atom is 0.0391 e. The second-order valence-electron chi connectivity index (χ2n) is 9.10. The molecule has 0 aliphatic rings. The predicted molar refractivity (Wildman–Crippen MR) is 185 cm³/mol. The summed E-state index contributed by atoms with van der Waals surface area (Å²) < 4.78 is 4.30. The number of hydrogen-bond acceptors (Lipinski definition) is 3. The summed E-state index contributed by atoms with van der Waals surface area (Å²) in [6, 6.07) is 45.3. The van der Waals surface area contributed by atoms with Crippen LogP contribution in [0.2, 0.25) is 0 Å². The van der Waals surface area contributed by atoms with Crippen LogP contribution in [0.25, 0.3) is 36.5 Å². The summed E-state index contributed by atoms with van der Waals surface area (Å²) in [6.07, 6.45) is 13.3. The van der Waals surface area contributed by atoms with Gasteiger partial charge in [0.15, 0.2) is 0 Å². The van der Waals surface area contributed by atoms with E-state index in [4.69, 9.17) is 0 Å². The monoisotopic (exact) mass is 586 g/mol. The van der Waals surface area contributed by atoms with Crippen LogP contribution in [0.1, 0.15) is 31.3 Å². The molecular formula is C36H27PS3. The molecule has 3 aromatic carbocycles. The third-order valence-electron chi connectivity index (χ3n) is 6.22. The molecule has 0 spiro atoms. The van der Waals surface area contributed by atoms with Crippen LogP contribution in [0.15, 0.2) is 127 Å². The number of thiophene rings is 3. The van der Waals surface area contributed by atoms with Crippen LogP contribution in [-0.2, 0) is 0 Å². The zero-order valence-electron chi connectivity index (χ0n) is 21.8. The molecule has 0 saturated carbocycles. The smallest absolute Gasteiger partial charge is 0.0391 e. The largest absolute Gasteiger partial charge is 0.135 e. The highest BCUT2D eigenvalue weighted by Gasteiger charge is 2.22. The molecule has 0 aliphatic heterocycles. The van der Waals surface area contributed by atoms with E-state index in [0.717, 1.165) is 0 Å². The first kappa shape index (κ1) is 26.6. The Bertz CT molecular complexity index is 1530. The van der Waals surface area contributed by atoms with Crippen molar-refractivity contribution in [3.8, 4) is 0 Å². The van der Waals surface area contributed by atoms with Crippen LogP contribution >= 0.6 is 41.9 Å². The number of rotatable bonds is 9. The lowest BCUT2D eigenvalue weighted by Crippen LogP contribution is -2.13. The third kappa shape index (κ3) is 6.94. The predicted octanol–water partition coefficient (Wildman–Crippen LogP) is 10.1. The molecule has 0 fully saturated rings. The highest BCUT2D eigenvalue weighted by atomic mass is 32.1. The van der Waals surface area contributed by atoms with Crippen molar-refractivity contribution >= 4 is 92.2 Å². The maximum atomic E-state index is 2.33. The summed E-state index contributed by atoms with van der Waals surface area (Å²) in [5.74, 6) is 0. The first-order chi connectivity index (χ1) is 19.8. The van der Waals surface area contributed by atoms with Crippen molar-refractivity contribution in [1.82, 2.24) is 0 Å². The normalized spacial score (nSPS) is 12.6. The lowest BCUT2D eigenvalue weighted by molar-refractivity contribution is 1.67. The summed E-state index contributed by atoms with van der Waals surface area (Å²) in [5.41, 5.74) is 3.67. The lowest BCUT2D eigenvalue weighted by Gasteiger charge is -2.12. The molecule has 3 heterocycles. The Hall–Kier alpha value is -3.59. The van der Waals surface area contributed by atoms with Gasteiger partial charge in [0.05, 0.1) is 0 Å². The molecule has 0 N–H and O–H groups in total. The van der Waals surface area contributed by atoms with Crippen molar-refractivity contribution in [2.24, 2.45) is 0 Å². The summed E-state index contributed by atoms with van der Waals surface area (Å²) in [7, 11) is -0.625. The van der Waals surface area contributed by atoms with Crippen molar-refractivity contribution in [3.63, 3.8) is 0 Å². The van der Waals surface area contributed by atoms with Crippen LogP contribution in [0.4, 0.5) is 0 Å². The molecule has 40 heavy (non-hydrogen) atoms. The highest BCUT2D eigenvalue weighted by Crippen LogP contribution is 2.41. The standard InChI is InChI=1S/C36H27PS3/c1-4-10-28(11-5-1)16-19-31-22-25-34(38-31)37(35-26-23-32(39-35)20-17-29-12-6-2-7-13-29)36-27-24-33(40-36)21-18-30-14-8-3-9-15-30/h1-27H. The lowest BCUT2D eigenvalue weighted by atomic mass is 10.2. The van der Waals surface area contributed by atoms with Gasteiger partial charge in [-0.1, -0.05) is 109 Å². The molecule has 0 saturated heterocycles. The van der Waals surface area contributed by atoms with E-state index in [9.17, 15) is 0 Å². The molecule has 4 heteroatoms. The highest BCUT2D eigenvalue weighted by molar-refractivity contribution is 7.90. The molecule has 6 aromatic rings.